The van der Waals surface area contributed by atoms with Crippen molar-refractivity contribution in [2.45, 2.75) is 38.6 Å². The van der Waals surface area contributed by atoms with Crippen LogP contribution in [-0.2, 0) is 12.8 Å². The molecule has 0 aliphatic heterocycles. The van der Waals surface area contributed by atoms with E-state index in [0.717, 1.165) is 24.5 Å². The summed E-state index contributed by atoms with van der Waals surface area (Å²) in [6.45, 7) is 2.01. The van der Waals surface area contributed by atoms with Crippen molar-refractivity contribution >= 4 is 5.69 Å². The first-order valence-corrected chi connectivity index (χ1v) is 7.46. The largest absolute Gasteiger partial charge is 0.378 e. The van der Waals surface area contributed by atoms with Crippen molar-refractivity contribution in [3.05, 3.63) is 64.7 Å². The van der Waals surface area contributed by atoms with Crippen LogP contribution in [0.2, 0.25) is 0 Å². The van der Waals surface area contributed by atoms with E-state index in [-0.39, 0.29) is 6.04 Å². The Morgan fingerprint density at radius 1 is 0.905 bits per heavy atom. The monoisotopic (exact) mass is 287 g/mol. The molecule has 0 bridgehead atoms. The second-order valence-corrected chi connectivity index (χ2v) is 5.76. The van der Waals surface area contributed by atoms with Gasteiger partial charge in [-0.05, 0) is 61.4 Å². The average molecular weight is 287 g/mol. The van der Waals surface area contributed by atoms with E-state index in [9.17, 15) is 8.78 Å². The summed E-state index contributed by atoms with van der Waals surface area (Å²) in [5, 5.41) is 3.17. The van der Waals surface area contributed by atoms with Crippen LogP contribution in [0, 0.1) is 11.6 Å². The van der Waals surface area contributed by atoms with Gasteiger partial charge in [-0.15, -0.1) is 0 Å². The Morgan fingerprint density at radius 2 is 1.57 bits per heavy atom. The van der Waals surface area contributed by atoms with Crippen LogP contribution < -0.4 is 5.32 Å². The molecule has 1 aliphatic carbocycles. The summed E-state index contributed by atoms with van der Waals surface area (Å²) in [4.78, 5) is 0. The highest BCUT2D eigenvalue weighted by Crippen LogP contribution is 2.26. The molecule has 0 fully saturated rings. The van der Waals surface area contributed by atoms with E-state index in [4.69, 9.17) is 0 Å². The number of nitrogens with one attached hydrogen (secondary N) is 1. The molecule has 0 spiro atoms. The number of hydrogen-bond donors (Lipinski definition) is 1. The molecular weight excluding hydrogens is 268 g/mol. The molecule has 1 atom stereocenters. The molecule has 0 amide bonds. The molecule has 0 radical (unpaired) electrons. The van der Waals surface area contributed by atoms with Gasteiger partial charge in [-0.3, -0.25) is 0 Å². The summed E-state index contributed by atoms with van der Waals surface area (Å²) in [6.07, 6.45) is 4.80. The topological polar surface area (TPSA) is 12.0 Å². The van der Waals surface area contributed by atoms with E-state index in [0.29, 0.717) is 5.69 Å². The quantitative estimate of drug-likeness (QED) is 0.836. The van der Waals surface area contributed by atoms with E-state index < -0.39 is 11.6 Å². The fourth-order valence-electron chi connectivity index (χ4n) is 2.99. The lowest BCUT2D eigenvalue weighted by Crippen LogP contribution is -2.09. The van der Waals surface area contributed by atoms with Crippen LogP contribution in [0.15, 0.2) is 36.4 Å². The molecule has 1 N–H and O–H groups in total. The summed E-state index contributed by atoms with van der Waals surface area (Å²) in [6, 6.07) is 10.1. The molecule has 21 heavy (non-hydrogen) atoms. The van der Waals surface area contributed by atoms with Gasteiger partial charge in [0.25, 0.3) is 0 Å². The second kappa shape index (κ2) is 5.84. The van der Waals surface area contributed by atoms with Gasteiger partial charge in [0.1, 0.15) is 11.6 Å². The predicted octanol–water partition coefficient (Wildman–Crippen LogP) is 5.02. The maximum absolute atomic E-state index is 13.2. The zero-order valence-corrected chi connectivity index (χ0v) is 12.1. The number of fused-ring (bicyclic) bond motifs is 1. The van der Waals surface area contributed by atoms with Crippen LogP contribution in [0.5, 0.6) is 0 Å². The summed E-state index contributed by atoms with van der Waals surface area (Å²) in [7, 11) is 0. The highest BCUT2D eigenvalue weighted by molar-refractivity contribution is 5.47. The van der Waals surface area contributed by atoms with Gasteiger partial charge in [0.05, 0.1) is 0 Å². The lowest BCUT2D eigenvalue weighted by molar-refractivity contribution is 0.583. The number of halogens is 2. The first-order valence-electron chi connectivity index (χ1n) is 7.46. The second-order valence-electron chi connectivity index (χ2n) is 5.76. The molecule has 1 nitrogen and oxygen atoms in total. The van der Waals surface area contributed by atoms with E-state index in [1.807, 2.05) is 6.92 Å². The molecule has 0 saturated heterocycles. The van der Waals surface area contributed by atoms with Crippen LogP contribution in [0.1, 0.15) is 42.5 Å². The highest BCUT2D eigenvalue weighted by atomic mass is 19.1. The minimum absolute atomic E-state index is 0.0124. The van der Waals surface area contributed by atoms with E-state index in [1.165, 1.54) is 36.1 Å². The Labute approximate surface area is 124 Å². The molecule has 0 aromatic heterocycles. The van der Waals surface area contributed by atoms with Crippen LogP contribution in [0.25, 0.3) is 0 Å². The standard InChI is InChI=1S/C18H19F2N/c1-12(21-18-10-16(19)9-17(20)11-18)14-7-6-13-4-2-3-5-15(13)8-14/h6-12,21H,2-5H2,1H3. The molecule has 1 unspecified atom stereocenters. The Kier molecular flexibility index (Phi) is 3.91. The SMILES string of the molecule is CC(Nc1cc(F)cc(F)c1)c1ccc2c(c1)CCCC2. The molecule has 2 aromatic rings. The highest BCUT2D eigenvalue weighted by Gasteiger charge is 2.13. The third-order valence-electron chi connectivity index (χ3n) is 4.12. The van der Waals surface area contributed by atoms with Crippen molar-refractivity contribution in [1.29, 1.82) is 0 Å². The zero-order valence-electron chi connectivity index (χ0n) is 12.1. The average Bonchev–Trinajstić information content (AvgIpc) is 2.45. The summed E-state index contributed by atoms with van der Waals surface area (Å²) in [5.41, 5.74) is 4.48. The smallest absolute Gasteiger partial charge is 0.128 e. The fraction of sp³-hybridized carbons (Fsp3) is 0.333. The molecule has 110 valence electrons. The van der Waals surface area contributed by atoms with Crippen LogP contribution in [0.3, 0.4) is 0 Å². The molecular formula is C18H19F2N. The maximum Gasteiger partial charge on any atom is 0.128 e. The first-order chi connectivity index (χ1) is 10.1. The van der Waals surface area contributed by atoms with Gasteiger partial charge in [0, 0.05) is 17.8 Å². The van der Waals surface area contributed by atoms with Crippen molar-refractivity contribution in [3.8, 4) is 0 Å². The first kappa shape index (κ1) is 14.1. The lowest BCUT2D eigenvalue weighted by atomic mass is 9.89. The molecule has 2 aromatic carbocycles. The van der Waals surface area contributed by atoms with Gasteiger partial charge in [0.2, 0.25) is 0 Å². The molecule has 3 rings (SSSR count). The number of hydrogen-bond acceptors (Lipinski definition) is 1. The molecule has 0 heterocycles. The number of benzene rings is 2. The molecule has 0 saturated carbocycles. The van der Waals surface area contributed by atoms with Gasteiger partial charge in [-0.1, -0.05) is 18.2 Å². The van der Waals surface area contributed by atoms with Gasteiger partial charge in [-0.2, -0.15) is 0 Å². The summed E-state index contributed by atoms with van der Waals surface area (Å²) >= 11 is 0. The lowest BCUT2D eigenvalue weighted by Gasteiger charge is -2.20. The Balaban J connectivity index is 1.80. The van der Waals surface area contributed by atoms with Gasteiger partial charge in [0.15, 0.2) is 0 Å². The minimum Gasteiger partial charge on any atom is -0.378 e. The number of rotatable bonds is 3. The molecule has 3 heteroatoms. The van der Waals surface area contributed by atoms with Crippen molar-refractivity contribution < 1.29 is 8.78 Å². The van der Waals surface area contributed by atoms with Crippen molar-refractivity contribution in [3.63, 3.8) is 0 Å². The summed E-state index contributed by atoms with van der Waals surface area (Å²) in [5.74, 6) is -1.12. The number of aryl methyl sites for hydroxylation is 2. The normalized spacial score (nSPS) is 15.4. The van der Waals surface area contributed by atoms with Gasteiger partial charge in [-0.25, -0.2) is 8.78 Å². The fourth-order valence-corrected chi connectivity index (χ4v) is 2.99. The van der Waals surface area contributed by atoms with Crippen LogP contribution >= 0.6 is 0 Å². The number of anilines is 1. The third-order valence-corrected chi connectivity index (χ3v) is 4.12. The Morgan fingerprint density at radius 3 is 2.29 bits per heavy atom. The van der Waals surface area contributed by atoms with Crippen LogP contribution in [0.4, 0.5) is 14.5 Å². The minimum atomic E-state index is -0.560. The van der Waals surface area contributed by atoms with Gasteiger partial charge >= 0.3 is 0 Å². The van der Waals surface area contributed by atoms with Crippen LogP contribution in [-0.4, -0.2) is 0 Å². The molecule has 1 aliphatic rings. The Bertz CT molecular complexity index is 631. The van der Waals surface area contributed by atoms with E-state index >= 15 is 0 Å². The predicted molar refractivity (Wildman–Crippen MR) is 81.5 cm³/mol. The van der Waals surface area contributed by atoms with E-state index in [1.54, 1.807) is 0 Å². The van der Waals surface area contributed by atoms with E-state index in [2.05, 4.69) is 23.5 Å². The summed E-state index contributed by atoms with van der Waals surface area (Å²) < 4.78 is 26.5. The van der Waals surface area contributed by atoms with Crippen molar-refractivity contribution in [1.82, 2.24) is 0 Å². The zero-order chi connectivity index (χ0) is 14.8. The van der Waals surface area contributed by atoms with Crippen molar-refractivity contribution in [2.75, 3.05) is 5.32 Å². The maximum atomic E-state index is 13.2. The van der Waals surface area contributed by atoms with Gasteiger partial charge < -0.3 is 5.32 Å². The third kappa shape index (κ3) is 3.23. The Hall–Kier alpha value is -1.90. The van der Waals surface area contributed by atoms with Crippen molar-refractivity contribution in [2.24, 2.45) is 0 Å².